The van der Waals surface area contributed by atoms with Gasteiger partial charge in [0, 0.05) is 32.2 Å². The fourth-order valence-corrected chi connectivity index (χ4v) is 2.63. The third-order valence-electron chi connectivity index (χ3n) is 3.96. The topological polar surface area (TPSA) is 62.2 Å². The van der Waals surface area contributed by atoms with Crippen LogP contribution in [0.1, 0.15) is 12.8 Å². The molecular weight excluding hydrogens is 270 g/mol. The van der Waals surface area contributed by atoms with Crippen LogP contribution in [0.2, 0.25) is 0 Å². The first kappa shape index (κ1) is 16.1. The molecule has 0 saturated carbocycles. The predicted octanol–water partition coefficient (Wildman–Crippen LogP) is 1.14. The van der Waals surface area contributed by atoms with Crippen molar-refractivity contribution in [3.05, 3.63) is 24.3 Å². The Hall–Kier alpha value is -1.30. The highest BCUT2D eigenvalue weighted by atomic mass is 16.5. The van der Waals surface area contributed by atoms with Gasteiger partial charge in [0.15, 0.2) is 0 Å². The number of rotatable bonds is 7. The van der Waals surface area contributed by atoms with E-state index in [2.05, 4.69) is 4.90 Å². The molecule has 1 aromatic rings. The molecule has 0 unspecified atom stereocenters. The first-order valence-corrected chi connectivity index (χ1v) is 7.51. The van der Waals surface area contributed by atoms with E-state index in [9.17, 15) is 10.2 Å². The van der Waals surface area contributed by atoms with Crippen LogP contribution in [0.5, 0.6) is 11.5 Å². The Morgan fingerprint density at radius 2 is 1.95 bits per heavy atom. The van der Waals surface area contributed by atoms with Gasteiger partial charge in [0.2, 0.25) is 0 Å². The van der Waals surface area contributed by atoms with Gasteiger partial charge in [-0.15, -0.1) is 0 Å². The Morgan fingerprint density at radius 1 is 1.24 bits per heavy atom. The summed E-state index contributed by atoms with van der Waals surface area (Å²) in [5.74, 6) is 1.66. The zero-order valence-electron chi connectivity index (χ0n) is 12.6. The molecule has 1 aromatic carbocycles. The maximum atomic E-state index is 9.73. The van der Waals surface area contributed by atoms with Crippen LogP contribution in [0.25, 0.3) is 0 Å². The molecular formula is C16H25NO4. The largest absolute Gasteiger partial charge is 0.497 e. The van der Waals surface area contributed by atoms with E-state index in [0.29, 0.717) is 6.61 Å². The van der Waals surface area contributed by atoms with Gasteiger partial charge in [-0.3, -0.25) is 0 Å². The Morgan fingerprint density at radius 3 is 2.62 bits per heavy atom. The van der Waals surface area contributed by atoms with Crippen molar-refractivity contribution in [1.82, 2.24) is 4.90 Å². The maximum Gasteiger partial charge on any atom is 0.119 e. The normalized spacial score (nSPS) is 23.0. The van der Waals surface area contributed by atoms with E-state index in [1.54, 1.807) is 7.11 Å². The Kier molecular flexibility index (Phi) is 6.29. The van der Waals surface area contributed by atoms with E-state index in [4.69, 9.17) is 9.47 Å². The molecule has 1 saturated heterocycles. The zero-order chi connectivity index (χ0) is 15.1. The van der Waals surface area contributed by atoms with Crippen molar-refractivity contribution in [2.45, 2.75) is 18.9 Å². The number of methoxy groups -OCH3 is 1. The number of aliphatic hydroxyl groups excluding tert-OH is 2. The van der Waals surface area contributed by atoms with E-state index in [1.807, 2.05) is 24.3 Å². The van der Waals surface area contributed by atoms with Gasteiger partial charge in [-0.25, -0.2) is 0 Å². The molecule has 0 aromatic heterocycles. The number of piperidine rings is 1. The third kappa shape index (κ3) is 4.88. The summed E-state index contributed by atoms with van der Waals surface area (Å²) in [6.45, 7) is 3.30. The van der Waals surface area contributed by atoms with Crippen molar-refractivity contribution in [2.24, 2.45) is 5.92 Å². The maximum absolute atomic E-state index is 9.73. The quantitative estimate of drug-likeness (QED) is 0.739. The van der Waals surface area contributed by atoms with Crippen LogP contribution in [-0.4, -0.2) is 61.2 Å². The van der Waals surface area contributed by atoms with Crippen LogP contribution in [0.4, 0.5) is 0 Å². The van der Waals surface area contributed by atoms with Gasteiger partial charge in [-0.05, 0) is 37.1 Å². The number of nitrogens with zero attached hydrogens (tertiary/aromatic N) is 1. The summed E-state index contributed by atoms with van der Waals surface area (Å²) in [5, 5.41) is 18.9. The molecule has 0 aliphatic carbocycles. The van der Waals surface area contributed by atoms with Crippen molar-refractivity contribution >= 4 is 0 Å². The summed E-state index contributed by atoms with van der Waals surface area (Å²) in [7, 11) is 1.64. The summed E-state index contributed by atoms with van der Waals surface area (Å²) < 4.78 is 10.8. The predicted molar refractivity (Wildman–Crippen MR) is 80.7 cm³/mol. The number of benzene rings is 1. The number of aliphatic hydroxyl groups is 2. The van der Waals surface area contributed by atoms with Crippen LogP contribution in [0.15, 0.2) is 24.3 Å². The number of likely N-dealkylation sites (tertiary alicyclic amines) is 1. The van der Waals surface area contributed by atoms with Crippen molar-refractivity contribution < 1.29 is 19.7 Å². The van der Waals surface area contributed by atoms with Gasteiger partial charge in [-0.1, -0.05) is 0 Å². The van der Waals surface area contributed by atoms with Gasteiger partial charge < -0.3 is 24.6 Å². The highest BCUT2D eigenvalue weighted by Crippen LogP contribution is 2.18. The number of hydrogen-bond donors (Lipinski definition) is 2. The van der Waals surface area contributed by atoms with E-state index in [0.717, 1.165) is 44.0 Å². The highest BCUT2D eigenvalue weighted by Gasteiger charge is 2.26. The summed E-state index contributed by atoms with van der Waals surface area (Å²) in [6, 6.07) is 7.57. The van der Waals surface area contributed by atoms with Crippen molar-refractivity contribution in [2.75, 3.05) is 40.0 Å². The molecule has 1 heterocycles. The zero-order valence-corrected chi connectivity index (χ0v) is 12.6. The molecule has 0 spiro atoms. The monoisotopic (exact) mass is 295 g/mol. The first-order chi connectivity index (χ1) is 10.2. The Bertz CT molecular complexity index is 409. The molecule has 2 N–H and O–H groups in total. The van der Waals surface area contributed by atoms with Gasteiger partial charge in [0.25, 0.3) is 0 Å². The molecule has 5 heteroatoms. The van der Waals surface area contributed by atoms with Crippen LogP contribution in [0.3, 0.4) is 0 Å². The molecule has 21 heavy (non-hydrogen) atoms. The van der Waals surface area contributed by atoms with Crippen molar-refractivity contribution in [1.29, 1.82) is 0 Å². The molecule has 0 amide bonds. The second kappa shape index (κ2) is 8.22. The van der Waals surface area contributed by atoms with Crippen LogP contribution in [-0.2, 0) is 0 Å². The van der Waals surface area contributed by atoms with E-state index < -0.39 is 0 Å². The van der Waals surface area contributed by atoms with Crippen LogP contribution < -0.4 is 9.47 Å². The van der Waals surface area contributed by atoms with Gasteiger partial charge >= 0.3 is 0 Å². The van der Waals surface area contributed by atoms with Crippen LogP contribution >= 0.6 is 0 Å². The Labute approximate surface area is 126 Å². The summed E-state index contributed by atoms with van der Waals surface area (Å²) in [6.07, 6.45) is 1.31. The smallest absolute Gasteiger partial charge is 0.119 e. The highest BCUT2D eigenvalue weighted by molar-refractivity contribution is 5.31. The Balaban J connectivity index is 1.65. The van der Waals surface area contributed by atoms with E-state index in [-0.39, 0.29) is 18.6 Å². The molecule has 1 aliphatic rings. The second-order valence-electron chi connectivity index (χ2n) is 5.48. The van der Waals surface area contributed by atoms with E-state index >= 15 is 0 Å². The standard InChI is InChI=1S/C16H25NO4/c1-20-14-3-5-15(6-4-14)21-10-2-8-17-9-7-16(19)13(11-17)12-18/h3-6,13,16,18-19H,2,7-12H2,1H3/t13-,16-/m1/s1. The van der Waals surface area contributed by atoms with E-state index in [1.165, 1.54) is 0 Å². The SMILES string of the molecule is COc1ccc(OCCCN2CC[C@@H](O)[C@@H](CO)C2)cc1. The van der Waals surface area contributed by atoms with Gasteiger partial charge in [0.05, 0.1) is 19.8 Å². The van der Waals surface area contributed by atoms with Crippen molar-refractivity contribution in [3.63, 3.8) is 0 Å². The number of hydrogen-bond acceptors (Lipinski definition) is 5. The first-order valence-electron chi connectivity index (χ1n) is 7.51. The van der Waals surface area contributed by atoms with Crippen molar-refractivity contribution in [3.8, 4) is 11.5 Å². The molecule has 118 valence electrons. The third-order valence-corrected chi connectivity index (χ3v) is 3.96. The van der Waals surface area contributed by atoms with Gasteiger partial charge in [0.1, 0.15) is 11.5 Å². The number of ether oxygens (including phenoxy) is 2. The molecule has 2 rings (SSSR count). The fourth-order valence-electron chi connectivity index (χ4n) is 2.63. The molecule has 5 nitrogen and oxygen atoms in total. The second-order valence-corrected chi connectivity index (χ2v) is 5.48. The van der Waals surface area contributed by atoms with Crippen LogP contribution in [0, 0.1) is 5.92 Å². The summed E-state index contributed by atoms with van der Waals surface area (Å²) in [4.78, 5) is 2.28. The minimum atomic E-state index is -0.359. The minimum Gasteiger partial charge on any atom is -0.497 e. The summed E-state index contributed by atoms with van der Waals surface area (Å²) >= 11 is 0. The molecule has 2 atom stereocenters. The fraction of sp³-hybridized carbons (Fsp3) is 0.625. The van der Waals surface area contributed by atoms with Gasteiger partial charge in [-0.2, -0.15) is 0 Å². The molecule has 0 radical (unpaired) electrons. The lowest BCUT2D eigenvalue weighted by molar-refractivity contribution is -0.000498. The lowest BCUT2D eigenvalue weighted by Crippen LogP contribution is -2.45. The average molecular weight is 295 g/mol. The minimum absolute atomic E-state index is 0.0127. The molecule has 1 fully saturated rings. The lowest BCUT2D eigenvalue weighted by atomic mass is 9.95. The lowest BCUT2D eigenvalue weighted by Gasteiger charge is -2.35. The summed E-state index contributed by atoms with van der Waals surface area (Å²) in [5.41, 5.74) is 0. The molecule has 1 aliphatic heterocycles. The average Bonchev–Trinajstić information content (AvgIpc) is 2.53. The molecule has 0 bridgehead atoms.